The Morgan fingerprint density at radius 2 is 2.47 bits per heavy atom. The molecule has 0 bridgehead atoms. The highest BCUT2D eigenvalue weighted by molar-refractivity contribution is 5.68. The molecule has 0 unspecified atom stereocenters. The van der Waals surface area contributed by atoms with Crippen molar-refractivity contribution in [1.82, 2.24) is 4.98 Å². The van der Waals surface area contributed by atoms with Gasteiger partial charge in [0.2, 0.25) is 5.88 Å². The van der Waals surface area contributed by atoms with E-state index in [9.17, 15) is 4.79 Å². The van der Waals surface area contributed by atoms with Gasteiger partial charge in [0.05, 0.1) is 6.10 Å². The van der Waals surface area contributed by atoms with Crippen LogP contribution in [0.4, 0.5) is 4.79 Å². The van der Waals surface area contributed by atoms with Gasteiger partial charge in [0.25, 0.3) is 0 Å². The lowest BCUT2D eigenvalue weighted by Gasteiger charge is -2.07. The van der Waals surface area contributed by atoms with Gasteiger partial charge in [-0.25, -0.2) is 9.78 Å². The van der Waals surface area contributed by atoms with E-state index in [1.807, 2.05) is 0 Å². The van der Waals surface area contributed by atoms with Gasteiger partial charge in [0.1, 0.15) is 12.4 Å². The van der Waals surface area contributed by atoms with Crippen molar-refractivity contribution >= 4 is 6.09 Å². The summed E-state index contributed by atoms with van der Waals surface area (Å²) >= 11 is 0. The largest absolute Gasteiger partial charge is 0.475 e. The number of aliphatic hydroxyl groups excluding tert-OH is 1. The summed E-state index contributed by atoms with van der Waals surface area (Å²) in [5.41, 5.74) is 4.83. The number of ether oxygens (including phenoxy) is 2. The molecule has 1 atom stereocenters. The van der Waals surface area contributed by atoms with Gasteiger partial charge in [0.15, 0.2) is 0 Å². The minimum Gasteiger partial charge on any atom is -0.475 e. The Morgan fingerprint density at radius 3 is 3.07 bits per heavy atom. The second-order valence-corrected chi connectivity index (χ2v) is 2.91. The first kappa shape index (κ1) is 11.3. The molecule has 1 heterocycles. The number of primary amides is 1. The Balaban J connectivity index is 2.61. The number of carbonyl (C=O) groups excluding carboxylic acids is 1. The third-order valence-corrected chi connectivity index (χ3v) is 1.40. The molecule has 1 aromatic heterocycles. The molecule has 15 heavy (non-hydrogen) atoms. The minimum absolute atomic E-state index is 0.118. The maximum absolute atomic E-state index is 10.4. The number of hydrogen-bond donors (Lipinski definition) is 2. The van der Waals surface area contributed by atoms with E-state index >= 15 is 0 Å². The van der Waals surface area contributed by atoms with Crippen molar-refractivity contribution in [3.05, 3.63) is 18.3 Å². The fraction of sp³-hybridized carbons (Fsp3) is 0.333. The summed E-state index contributed by atoms with van der Waals surface area (Å²) in [6.45, 7) is 1.71. The van der Waals surface area contributed by atoms with Crippen LogP contribution in [0.1, 0.15) is 6.92 Å². The van der Waals surface area contributed by atoms with Crippen LogP contribution >= 0.6 is 0 Å². The highest BCUT2D eigenvalue weighted by atomic mass is 16.5. The van der Waals surface area contributed by atoms with Gasteiger partial charge in [0, 0.05) is 12.3 Å². The zero-order chi connectivity index (χ0) is 11.3. The first-order valence-electron chi connectivity index (χ1n) is 4.32. The number of amides is 1. The van der Waals surface area contributed by atoms with Crippen molar-refractivity contribution in [2.75, 3.05) is 6.61 Å². The number of aromatic nitrogens is 1. The molecule has 0 fully saturated rings. The van der Waals surface area contributed by atoms with Crippen LogP contribution in [-0.4, -0.2) is 28.9 Å². The lowest BCUT2D eigenvalue weighted by atomic mass is 10.4. The summed E-state index contributed by atoms with van der Waals surface area (Å²) in [5.74, 6) is 0.507. The molecule has 0 aliphatic rings. The van der Waals surface area contributed by atoms with Crippen molar-refractivity contribution in [1.29, 1.82) is 0 Å². The molecule has 0 saturated carbocycles. The standard InChI is InChI=1S/C9H12N2O4/c1-6(12)5-14-8-4-7(2-3-11-8)15-9(10)13/h2-4,6,12H,5H2,1H3,(H2,10,13)/t6-/m1/s1. The van der Waals surface area contributed by atoms with Gasteiger partial charge < -0.3 is 20.3 Å². The predicted octanol–water partition coefficient (Wildman–Crippen LogP) is 0.299. The number of pyridine rings is 1. The molecule has 1 aromatic rings. The third-order valence-electron chi connectivity index (χ3n) is 1.40. The summed E-state index contributed by atoms with van der Waals surface area (Å²) in [4.78, 5) is 14.3. The monoisotopic (exact) mass is 212 g/mol. The average molecular weight is 212 g/mol. The molecule has 0 saturated heterocycles. The summed E-state index contributed by atoms with van der Waals surface area (Å²) in [5, 5.41) is 8.97. The van der Waals surface area contributed by atoms with Crippen molar-refractivity contribution < 1.29 is 19.4 Å². The summed E-state index contributed by atoms with van der Waals surface area (Å²) < 4.78 is 9.71. The van der Waals surface area contributed by atoms with Crippen LogP contribution in [0.25, 0.3) is 0 Å². The van der Waals surface area contributed by atoms with Crippen LogP contribution < -0.4 is 15.2 Å². The van der Waals surface area contributed by atoms with Crippen molar-refractivity contribution in [3.63, 3.8) is 0 Å². The van der Waals surface area contributed by atoms with Crippen molar-refractivity contribution in [2.45, 2.75) is 13.0 Å². The summed E-state index contributed by atoms with van der Waals surface area (Å²) in [7, 11) is 0. The molecule has 6 nitrogen and oxygen atoms in total. The third kappa shape index (κ3) is 4.28. The molecular formula is C9H12N2O4. The Morgan fingerprint density at radius 1 is 1.73 bits per heavy atom. The first-order valence-corrected chi connectivity index (χ1v) is 4.32. The molecule has 82 valence electrons. The van der Waals surface area contributed by atoms with E-state index in [4.69, 9.17) is 15.6 Å². The highest BCUT2D eigenvalue weighted by Crippen LogP contribution is 2.16. The Hall–Kier alpha value is -1.82. The maximum atomic E-state index is 10.4. The van der Waals surface area contributed by atoms with Crippen molar-refractivity contribution in [3.8, 4) is 11.6 Å². The lowest BCUT2D eigenvalue weighted by molar-refractivity contribution is 0.119. The van der Waals surface area contributed by atoms with E-state index in [1.165, 1.54) is 18.3 Å². The van der Waals surface area contributed by atoms with Crippen LogP contribution in [0, 0.1) is 0 Å². The molecule has 0 radical (unpaired) electrons. The normalized spacial score (nSPS) is 11.9. The van der Waals surface area contributed by atoms with Crippen molar-refractivity contribution in [2.24, 2.45) is 5.73 Å². The van der Waals surface area contributed by atoms with Crippen LogP contribution in [0.15, 0.2) is 18.3 Å². The molecule has 0 spiro atoms. The number of nitrogens with zero attached hydrogens (tertiary/aromatic N) is 1. The zero-order valence-electron chi connectivity index (χ0n) is 8.21. The van der Waals surface area contributed by atoms with Gasteiger partial charge in [-0.2, -0.15) is 0 Å². The molecule has 1 amide bonds. The van der Waals surface area contributed by atoms with E-state index in [0.717, 1.165) is 0 Å². The number of hydrogen-bond acceptors (Lipinski definition) is 5. The first-order chi connectivity index (χ1) is 7.08. The average Bonchev–Trinajstić information content (AvgIpc) is 2.14. The van der Waals surface area contributed by atoms with E-state index in [0.29, 0.717) is 0 Å². The fourth-order valence-electron chi connectivity index (χ4n) is 0.856. The SMILES string of the molecule is C[C@@H](O)COc1cc(OC(N)=O)ccn1. The smallest absolute Gasteiger partial charge is 0.409 e. The quantitative estimate of drug-likeness (QED) is 0.748. The Labute approximate surface area is 86.6 Å². The zero-order valence-corrected chi connectivity index (χ0v) is 8.21. The van der Waals surface area contributed by atoms with Crippen LogP contribution in [0.3, 0.4) is 0 Å². The van der Waals surface area contributed by atoms with Crippen LogP contribution in [0.5, 0.6) is 11.6 Å². The molecule has 0 aromatic carbocycles. The van der Waals surface area contributed by atoms with E-state index in [-0.39, 0.29) is 18.2 Å². The Kier molecular flexibility index (Phi) is 3.87. The molecular weight excluding hydrogens is 200 g/mol. The number of aliphatic hydroxyl groups is 1. The highest BCUT2D eigenvalue weighted by Gasteiger charge is 2.03. The maximum Gasteiger partial charge on any atom is 0.409 e. The summed E-state index contributed by atoms with van der Waals surface area (Å²) in [6, 6.07) is 2.88. The van der Waals surface area contributed by atoms with Gasteiger partial charge >= 0.3 is 6.09 Å². The van der Waals surface area contributed by atoms with Crippen LogP contribution in [-0.2, 0) is 0 Å². The van der Waals surface area contributed by atoms with Gasteiger partial charge in [-0.15, -0.1) is 0 Å². The van der Waals surface area contributed by atoms with E-state index in [1.54, 1.807) is 6.92 Å². The molecule has 0 aliphatic heterocycles. The van der Waals surface area contributed by atoms with Gasteiger partial charge in [-0.05, 0) is 13.0 Å². The molecule has 3 N–H and O–H groups in total. The second kappa shape index (κ2) is 5.16. The summed E-state index contributed by atoms with van der Waals surface area (Å²) in [6.07, 6.45) is -0.0782. The lowest BCUT2D eigenvalue weighted by Crippen LogP contribution is -2.16. The minimum atomic E-state index is -0.900. The number of rotatable bonds is 4. The topological polar surface area (TPSA) is 94.7 Å². The van der Waals surface area contributed by atoms with Gasteiger partial charge in [-0.3, -0.25) is 0 Å². The van der Waals surface area contributed by atoms with E-state index < -0.39 is 12.2 Å². The second-order valence-electron chi connectivity index (χ2n) is 2.91. The number of nitrogens with two attached hydrogens (primary N) is 1. The predicted molar refractivity (Wildman–Crippen MR) is 51.6 cm³/mol. The van der Waals surface area contributed by atoms with Crippen LogP contribution in [0.2, 0.25) is 0 Å². The molecule has 1 rings (SSSR count). The van der Waals surface area contributed by atoms with Gasteiger partial charge in [-0.1, -0.05) is 0 Å². The Bertz CT molecular complexity index is 341. The molecule has 0 aliphatic carbocycles. The fourth-order valence-corrected chi connectivity index (χ4v) is 0.856. The molecule has 6 heteroatoms. The van der Waals surface area contributed by atoms with E-state index in [2.05, 4.69) is 9.72 Å². The number of carbonyl (C=O) groups is 1.